The Bertz CT molecular complexity index is 602. The summed E-state index contributed by atoms with van der Waals surface area (Å²) in [6.45, 7) is 1.83. The minimum atomic E-state index is -3.73. The van der Waals surface area contributed by atoms with Crippen molar-refractivity contribution in [2.75, 3.05) is 4.72 Å². The Morgan fingerprint density at radius 2 is 2.35 bits per heavy atom. The number of hydrogen-bond acceptors (Lipinski definition) is 6. The minimum absolute atomic E-state index is 0.0762. The molecule has 0 saturated carbocycles. The van der Waals surface area contributed by atoms with Crippen LogP contribution in [0.5, 0.6) is 0 Å². The highest BCUT2D eigenvalue weighted by atomic mass is 32.2. The lowest BCUT2D eigenvalue weighted by atomic mass is 10.3. The first-order valence-electron chi connectivity index (χ1n) is 4.71. The van der Waals surface area contributed by atoms with Crippen molar-refractivity contribution in [3.05, 3.63) is 22.8 Å². The monoisotopic (exact) mass is 273 g/mol. The van der Waals surface area contributed by atoms with Gasteiger partial charge in [0.05, 0.1) is 0 Å². The van der Waals surface area contributed by atoms with Gasteiger partial charge >= 0.3 is 0 Å². The van der Waals surface area contributed by atoms with Crippen LogP contribution in [0.25, 0.3) is 0 Å². The second-order valence-electron chi connectivity index (χ2n) is 3.28. The van der Waals surface area contributed by atoms with Gasteiger partial charge in [0.1, 0.15) is 0 Å². The maximum atomic E-state index is 12.0. The number of nitrogens with one attached hydrogen (secondary N) is 2. The van der Waals surface area contributed by atoms with Crippen molar-refractivity contribution in [1.82, 2.24) is 15.2 Å². The SMILES string of the molecule is Cc1[nH]nc(S(=O)(=O)Nc2nccs2)c1CN. The summed E-state index contributed by atoms with van der Waals surface area (Å²) in [5.41, 5.74) is 6.63. The van der Waals surface area contributed by atoms with E-state index in [1.807, 2.05) is 0 Å². The predicted octanol–water partition coefficient (Wildman–Crippen LogP) is 0.434. The van der Waals surface area contributed by atoms with Crippen molar-refractivity contribution >= 4 is 26.5 Å². The molecule has 0 atom stereocenters. The number of hydrogen-bond donors (Lipinski definition) is 3. The topological polar surface area (TPSA) is 114 Å². The molecule has 0 saturated heterocycles. The molecule has 0 amide bonds. The Kier molecular flexibility index (Phi) is 3.13. The van der Waals surface area contributed by atoms with Gasteiger partial charge in [-0.05, 0) is 6.92 Å². The molecule has 0 unspecified atom stereocenters. The van der Waals surface area contributed by atoms with Crippen LogP contribution in [0.15, 0.2) is 16.6 Å². The molecule has 0 aliphatic carbocycles. The zero-order valence-electron chi connectivity index (χ0n) is 8.97. The van der Waals surface area contributed by atoms with Crippen LogP contribution in [-0.4, -0.2) is 23.6 Å². The van der Waals surface area contributed by atoms with Crippen LogP contribution in [0.4, 0.5) is 5.13 Å². The molecule has 0 aliphatic rings. The molecule has 2 rings (SSSR count). The molecule has 0 fully saturated rings. The average molecular weight is 273 g/mol. The summed E-state index contributed by atoms with van der Waals surface area (Å²) < 4.78 is 26.4. The van der Waals surface area contributed by atoms with Gasteiger partial charge in [-0.3, -0.25) is 9.82 Å². The molecule has 9 heteroatoms. The molecular formula is C8H11N5O2S2. The third kappa shape index (κ3) is 2.30. The number of aromatic nitrogens is 3. The molecular weight excluding hydrogens is 262 g/mol. The minimum Gasteiger partial charge on any atom is -0.326 e. The standard InChI is InChI=1S/C8H11N5O2S2/c1-5-6(4-9)7(12-11-5)17(14,15)13-8-10-2-3-16-8/h2-3H,4,9H2,1H3,(H,10,13)(H,11,12). The highest BCUT2D eigenvalue weighted by molar-refractivity contribution is 7.92. The van der Waals surface area contributed by atoms with Gasteiger partial charge < -0.3 is 5.73 Å². The number of aryl methyl sites for hydroxylation is 1. The first kappa shape index (κ1) is 12.0. The first-order valence-corrected chi connectivity index (χ1v) is 7.07. The normalized spacial score (nSPS) is 11.6. The molecule has 7 nitrogen and oxygen atoms in total. The van der Waals surface area contributed by atoms with Crippen LogP contribution in [0, 0.1) is 6.92 Å². The van der Waals surface area contributed by atoms with Crippen molar-refractivity contribution in [1.29, 1.82) is 0 Å². The van der Waals surface area contributed by atoms with Crippen molar-refractivity contribution in [3.63, 3.8) is 0 Å². The van der Waals surface area contributed by atoms with E-state index >= 15 is 0 Å². The summed E-state index contributed by atoms with van der Waals surface area (Å²) in [5.74, 6) is 0. The van der Waals surface area contributed by atoms with Gasteiger partial charge in [-0.2, -0.15) is 13.5 Å². The zero-order chi connectivity index (χ0) is 12.5. The predicted molar refractivity (Wildman–Crippen MR) is 64.1 cm³/mol. The van der Waals surface area contributed by atoms with Gasteiger partial charge in [0.25, 0.3) is 10.0 Å². The van der Waals surface area contributed by atoms with Crippen molar-refractivity contribution < 1.29 is 8.42 Å². The van der Waals surface area contributed by atoms with E-state index in [4.69, 9.17) is 5.73 Å². The molecule has 0 aromatic carbocycles. The fourth-order valence-electron chi connectivity index (χ4n) is 1.33. The van der Waals surface area contributed by atoms with Crippen LogP contribution in [-0.2, 0) is 16.6 Å². The molecule has 2 aromatic rings. The van der Waals surface area contributed by atoms with Crippen LogP contribution >= 0.6 is 11.3 Å². The molecule has 0 bridgehead atoms. The van der Waals surface area contributed by atoms with E-state index in [-0.39, 0.29) is 11.6 Å². The van der Waals surface area contributed by atoms with Gasteiger partial charge in [0.2, 0.25) is 5.03 Å². The molecule has 2 heterocycles. The molecule has 2 aromatic heterocycles. The van der Waals surface area contributed by atoms with Gasteiger partial charge in [-0.25, -0.2) is 4.98 Å². The Labute approximate surface area is 102 Å². The maximum Gasteiger partial charge on any atom is 0.283 e. The largest absolute Gasteiger partial charge is 0.326 e. The Hall–Kier alpha value is -1.45. The van der Waals surface area contributed by atoms with Crippen LogP contribution in [0.3, 0.4) is 0 Å². The van der Waals surface area contributed by atoms with Gasteiger partial charge in [-0.15, -0.1) is 11.3 Å². The maximum absolute atomic E-state index is 12.0. The first-order chi connectivity index (χ1) is 8.04. The summed E-state index contributed by atoms with van der Waals surface area (Å²) >= 11 is 1.19. The Morgan fingerprint density at radius 3 is 2.94 bits per heavy atom. The quantitative estimate of drug-likeness (QED) is 0.747. The van der Waals surface area contributed by atoms with Gasteiger partial charge in [0.15, 0.2) is 5.13 Å². The summed E-state index contributed by atoms with van der Waals surface area (Å²) in [5, 5.41) is 8.27. The molecule has 92 valence electrons. The summed E-state index contributed by atoms with van der Waals surface area (Å²) in [6, 6.07) is 0. The number of H-pyrrole nitrogens is 1. The highest BCUT2D eigenvalue weighted by Crippen LogP contribution is 2.20. The number of thiazole rings is 1. The average Bonchev–Trinajstić information content (AvgIpc) is 2.86. The van der Waals surface area contributed by atoms with Crippen LogP contribution in [0.2, 0.25) is 0 Å². The van der Waals surface area contributed by atoms with Crippen molar-refractivity contribution in [2.24, 2.45) is 5.73 Å². The number of nitrogens with zero attached hydrogens (tertiary/aromatic N) is 2. The summed E-state index contributed by atoms with van der Waals surface area (Å²) in [4.78, 5) is 3.85. The molecule has 17 heavy (non-hydrogen) atoms. The lowest BCUT2D eigenvalue weighted by molar-refractivity contribution is 0.596. The lowest BCUT2D eigenvalue weighted by Crippen LogP contribution is -2.16. The molecule has 0 spiro atoms. The lowest BCUT2D eigenvalue weighted by Gasteiger charge is -2.03. The Morgan fingerprint density at radius 1 is 1.59 bits per heavy atom. The van der Waals surface area contributed by atoms with Crippen molar-refractivity contribution in [2.45, 2.75) is 18.5 Å². The van der Waals surface area contributed by atoms with E-state index in [1.165, 1.54) is 17.5 Å². The second-order valence-corrected chi connectivity index (χ2v) is 5.77. The number of aromatic amines is 1. The van der Waals surface area contributed by atoms with Gasteiger partial charge in [-0.1, -0.05) is 0 Å². The third-order valence-corrected chi connectivity index (χ3v) is 4.28. The molecule has 0 radical (unpaired) electrons. The van der Waals surface area contributed by atoms with Gasteiger partial charge in [0, 0.05) is 29.4 Å². The third-order valence-electron chi connectivity index (χ3n) is 2.15. The second kappa shape index (κ2) is 4.43. The van der Waals surface area contributed by atoms with E-state index < -0.39 is 10.0 Å². The zero-order valence-corrected chi connectivity index (χ0v) is 10.6. The fourth-order valence-corrected chi connectivity index (χ4v) is 3.33. The number of sulfonamides is 1. The smallest absolute Gasteiger partial charge is 0.283 e. The van der Waals surface area contributed by atoms with E-state index in [9.17, 15) is 8.42 Å². The number of nitrogens with two attached hydrogens (primary N) is 1. The van der Waals surface area contributed by atoms with E-state index in [1.54, 1.807) is 12.3 Å². The highest BCUT2D eigenvalue weighted by Gasteiger charge is 2.23. The fraction of sp³-hybridized carbons (Fsp3) is 0.250. The molecule has 0 aliphatic heterocycles. The van der Waals surface area contributed by atoms with E-state index in [2.05, 4.69) is 19.9 Å². The van der Waals surface area contributed by atoms with E-state index in [0.717, 1.165) is 0 Å². The Balaban J connectivity index is 2.38. The number of rotatable bonds is 4. The van der Waals surface area contributed by atoms with E-state index in [0.29, 0.717) is 16.4 Å². The molecule has 4 N–H and O–H groups in total. The number of anilines is 1. The summed E-state index contributed by atoms with van der Waals surface area (Å²) in [7, 11) is -3.73. The van der Waals surface area contributed by atoms with Crippen LogP contribution in [0.1, 0.15) is 11.3 Å². The van der Waals surface area contributed by atoms with Crippen LogP contribution < -0.4 is 10.5 Å². The summed E-state index contributed by atoms with van der Waals surface area (Å²) in [6.07, 6.45) is 1.52. The van der Waals surface area contributed by atoms with Crippen molar-refractivity contribution in [3.8, 4) is 0 Å².